The van der Waals surface area contributed by atoms with Crippen molar-refractivity contribution >= 4 is 23.4 Å². The average molecular weight is 367 g/mol. The zero-order valence-corrected chi connectivity index (χ0v) is 16.0. The molecule has 5 nitrogen and oxygen atoms in total. The summed E-state index contributed by atoms with van der Waals surface area (Å²) < 4.78 is 5.32. The van der Waals surface area contributed by atoms with E-state index in [2.05, 4.69) is 0 Å². The van der Waals surface area contributed by atoms with E-state index in [9.17, 15) is 9.59 Å². The Morgan fingerprint density at radius 3 is 2.36 bits per heavy atom. The summed E-state index contributed by atoms with van der Waals surface area (Å²) in [4.78, 5) is 28.6. The van der Waals surface area contributed by atoms with E-state index in [1.165, 1.54) is 0 Å². The van der Waals surface area contributed by atoms with Crippen molar-refractivity contribution in [1.29, 1.82) is 0 Å². The Bertz CT molecular complexity index is 619. The lowest BCUT2D eigenvalue weighted by atomic mass is 10.1. The number of hydrogen-bond donors (Lipinski definition) is 0. The average Bonchev–Trinajstić information content (AvgIpc) is 2.80. The Kier molecular flexibility index (Phi) is 7.12. The van der Waals surface area contributed by atoms with Crippen LogP contribution < -0.4 is 4.74 Å². The topological polar surface area (TPSA) is 49.9 Å². The Balaban J connectivity index is 1.97. The second kappa shape index (κ2) is 9.09. The molecule has 138 valence electrons. The minimum atomic E-state index is 0.0405. The summed E-state index contributed by atoms with van der Waals surface area (Å²) in [5.41, 5.74) is 0.789. The molecule has 0 unspecified atom stereocenters. The van der Waals surface area contributed by atoms with E-state index < -0.39 is 0 Å². The molecule has 0 aromatic heterocycles. The number of rotatable bonds is 5. The molecular formula is C19H27ClN2O3. The first kappa shape index (κ1) is 19.6. The number of halogens is 1. The van der Waals surface area contributed by atoms with Crippen LogP contribution in [0.25, 0.3) is 0 Å². The molecular weight excluding hydrogens is 340 g/mol. The van der Waals surface area contributed by atoms with Crippen LogP contribution in [0.4, 0.5) is 0 Å². The SMILES string of the molecule is COc1ccc(Cl)cc1CC(=O)N1CCCN(C(=O)CC(C)C)CC1. The quantitative estimate of drug-likeness (QED) is 0.804. The van der Waals surface area contributed by atoms with Gasteiger partial charge in [0.25, 0.3) is 0 Å². The first-order valence-corrected chi connectivity index (χ1v) is 9.16. The van der Waals surface area contributed by atoms with Crippen LogP contribution in [0.5, 0.6) is 5.75 Å². The lowest BCUT2D eigenvalue weighted by Gasteiger charge is -2.23. The van der Waals surface area contributed by atoms with E-state index >= 15 is 0 Å². The van der Waals surface area contributed by atoms with Gasteiger partial charge in [-0.2, -0.15) is 0 Å². The molecule has 1 aliphatic rings. The van der Waals surface area contributed by atoms with Crippen LogP contribution in [0, 0.1) is 5.92 Å². The summed E-state index contributed by atoms with van der Waals surface area (Å²) >= 11 is 6.04. The Labute approximate surface area is 154 Å². The van der Waals surface area contributed by atoms with Gasteiger partial charge in [-0.15, -0.1) is 0 Å². The fourth-order valence-corrected chi connectivity index (χ4v) is 3.25. The molecule has 0 aliphatic carbocycles. The van der Waals surface area contributed by atoms with Crippen LogP contribution >= 0.6 is 11.6 Å². The van der Waals surface area contributed by atoms with Crippen molar-refractivity contribution in [3.8, 4) is 5.75 Å². The molecule has 0 spiro atoms. The van der Waals surface area contributed by atoms with Gasteiger partial charge in [-0.1, -0.05) is 25.4 Å². The number of amides is 2. The molecule has 1 heterocycles. The number of nitrogens with zero attached hydrogens (tertiary/aromatic N) is 2. The van der Waals surface area contributed by atoms with E-state index in [0.29, 0.717) is 42.7 Å². The number of methoxy groups -OCH3 is 1. The molecule has 2 amide bonds. The van der Waals surface area contributed by atoms with Crippen LogP contribution in [0.3, 0.4) is 0 Å². The van der Waals surface area contributed by atoms with Crippen LogP contribution in [-0.4, -0.2) is 54.9 Å². The van der Waals surface area contributed by atoms with E-state index in [1.54, 1.807) is 25.3 Å². The third kappa shape index (κ3) is 5.63. The molecule has 1 aromatic carbocycles. The van der Waals surface area contributed by atoms with Crippen LogP contribution in [0.1, 0.15) is 32.3 Å². The summed E-state index contributed by atoms with van der Waals surface area (Å²) in [6.45, 7) is 6.66. The van der Waals surface area contributed by atoms with Crippen LogP contribution in [0.2, 0.25) is 5.02 Å². The highest BCUT2D eigenvalue weighted by Gasteiger charge is 2.23. The van der Waals surface area contributed by atoms with Crippen LogP contribution in [0.15, 0.2) is 18.2 Å². The second-order valence-corrected chi connectivity index (χ2v) is 7.28. The normalized spacial score (nSPS) is 15.2. The third-order valence-electron chi connectivity index (χ3n) is 4.37. The second-order valence-electron chi connectivity index (χ2n) is 6.85. The fraction of sp³-hybridized carbons (Fsp3) is 0.579. The summed E-state index contributed by atoms with van der Waals surface area (Å²) in [5, 5.41) is 0.588. The minimum Gasteiger partial charge on any atom is -0.496 e. The molecule has 1 saturated heterocycles. The van der Waals surface area contributed by atoms with Crippen molar-refractivity contribution in [2.24, 2.45) is 5.92 Å². The predicted molar refractivity (Wildman–Crippen MR) is 98.9 cm³/mol. The maximum absolute atomic E-state index is 12.7. The maximum Gasteiger partial charge on any atom is 0.227 e. The maximum atomic E-state index is 12.7. The van der Waals surface area contributed by atoms with Gasteiger partial charge in [0.05, 0.1) is 13.5 Å². The van der Waals surface area contributed by atoms with Crippen molar-refractivity contribution in [3.63, 3.8) is 0 Å². The summed E-state index contributed by atoms with van der Waals surface area (Å²) in [7, 11) is 1.58. The summed E-state index contributed by atoms with van der Waals surface area (Å²) in [5.74, 6) is 1.24. The molecule has 0 saturated carbocycles. The number of benzene rings is 1. The van der Waals surface area contributed by atoms with Gasteiger partial charge in [-0.3, -0.25) is 9.59 Å². The monoisotopic (exact) mass is 366 g/mol. The van der Waals surface area contributed by atoms with Gasteiger partial charge in [0.15, 0.2) is 0 Å². The standard InChI is InChI=1S/C19H27ClN2O3/c1-14(2)11-18(23)21-7-4-8-22(10-9-21)19(24)13-15-12-16(20)5-6-17(15)25-3/h5-6,12,14H,4,7-11,13H2,1-3H3. The van der Waals surface area contributed by atoms with Gasteiger partial charge in [-0.05, 0) is 30.5 Å². The summed E-state index contributed by atoms with van der Waals surface area (Å²) in [6.07, 6.45) is 1.62. The molecule has 1 fully saturated rings. The third-order valence-corrected chi connectivity index (χ3v) is 4.60. The van der Waals surface area contributed by atoms with Crippen molar-refractivity contribution in [3.05, 3.63) is 28.8 Å². The zero-order chi connectivity index (χ0) is 18.4. The van der Waals surface area contributed by atoms with E-state index in [0.717, 1.165) is 18.5 Å². The molecule has 0 N–H and O–H groups in total. The highest BCUT2D eigenvalue weighted by Crippen LogP contribution is 2.23. The fourth-order valence-electron chi connectivity index (χ4n) is 3.05. The van der Waals surface area contributed by atoms with Gasteiger partial charge in [0.1, 0.15) is 5.75 Å². The molecule has 0 atom stereocenters. The lowest BCUT2D eigenvalue weighted by molar-refractivity contribution is -0.133. The number of hydrogen-bond acceptors (Lipinski definition) is 3. The Morgan fingerprint density at radius 1 is 1.12 bits per heavy atom. The summed E-state index contributed by atoms with van der Waals surface area (Å²) in [6, 6.07) is 5.30. The predicted octanol–water partition coefficient (Wildman–Crippen LogP) is 3.00. The Morgan fingerprint density at radius 2 is 1.76 bits per heavy atom. The van der Waals surface area contributed by atoms with Crippen molar-refractivity contribution in [2.45, 2.75) is 33.1 Å². The highest BCUT2D eigenvalue weighted by atomic mass is 35.5. The molecule has 0 bridgehead atoms. The first-order chi connectivity index (χ1) is 11.9. The largest absolute Gasteiger partial charge is 0.496 e. The number of ether oxygens (including phenoxy) is 1. The zero-order valence-electron chi connectivity index (χ0n) is 15.3. The van der Waals surface area contributed by atoms with Crippen molar-refractivity contribution in [1.82, 2.24) is 9.80 Å². The molecule has 1 aliphatic heterocycles. The van der Waals surface area contributed by atoms with E-state index in [4.69, 9.17) is 16.3 Å². The van der Waals surface area contributed by atoms with Gasteiger partial charge >= 0.3 is 0 Å². The van der Waals surface area contributed by atoms with Crippen molar-refractivity contribution < 1.29 is 14.3 Å². The molecule has 25 heavy (non-hydrogen) atoms. The van der Waals surface area contributed by atoms with Crippen LogP contribution in [-0.2, 0) is 16.0 Å². The van der Waals surface area contributed by atoms with Gasteiger partial charge < -0.3 is 14.5 Å². The van der Waals surface area contributed by atoms with Gasteiger partial charge in [0.2, 0.25) is 11.8 Å². The van der Waals surface area contributed by atoms with Crippen molar-refractivity contribution in [2.75, 3.05) is 33.3 Å². The molecule has 2 rings (SSSR count). The minimum absolute atomic E-state index is 0.0405. The smallest absolute Gasteiger partial charge is 0.227 e. The van der Waals surface area contributed by atoms with E-state index in [-0.39, 0.29) is 18.2 Å². The molecule has 1 aromatic rings. The number of carbonyl (C=O) groups is 2. The van der Waals surface area contributed by atoms with E-state index in [1.807, 2.05) is 23.6 Å². The van der Waals surface area contributed by atoms with Gasteiger partial charge in [0, 0.05) is 43.2 Å². The Hall–Kier alpha value is -1.75. The molecule has 6 heteroatoms. The lowest BCUT2D eigenvalue weighted by Crippen LogP contribution is -2.38. The number of carbonyl (C=O) groups excluding carboxylic acids is 2. The highest BCUT2D eigenvalue weighted by molar-refractivity contribution is 6.30. The van der Waals surface area contributed by atoms with Gasteiger partial charge in [-0.25, -0.2) is 0 Å². The molecule has 0 radical (unpaired) electrons. The first-order valence-electron chi connectivity index (χ1n) is 8.78.